The number of benzene rings is 1. The van der Waals surface area contributed by atoms with Crippen molar-refractivity contribution in [2.75, 3.05) is 13.7 Å². The Kier molecular flexibility index (Phi) is 6.61. The van der Waals surface area contributed by atoms with Crippen molar-refractivity contribution in [3.8, 4) is 0 Å². The second-order valence-corrected chi connectivity index (χ2v) is 5.17. The van der Waals surface area contributed by atoms with E-state index < -0.39 is 28.7 Å². The average molecular weight is 325 g/mol. The number of hydrogen-bond acceptors (Lipinski definition) is 6. The summed E-state index contributed by atoms with van der Waals surface area (Å²) in [6.07, 6.45) is 0.151. The van der Waals surface area contributed by atoms with E-state index in [2.05, 4.69) is 0 Å². The van der Waals surface area contributed by atoms with Crippen LogP contribution in [0, 0.1) is 16.0 Å². The number of aliphatic hydroxyl groups excluding tert-OH is 1. The molecule has 0 aliphatic carbocycles. The number of nitrogens with one attached hydrogen (secondary N) is 1. The van der Waals surface area contributed by atoms with Gasteiger partial charge in [-0.3, -0.25) is 24.9 Å². The number of carbonyl (C=O) groups is 2. The van der Waals surface area contributed by atoms with Gasteiger partial charge in [0.1, 0.15) is 0 Å². The molecule has 1 aromatic carbocycles. The number of nitro benzene ring substituents is 1. The predicted octanol–water partition coefficient (Wildman–Crippen LogP) is 0.559. The third kappa shape index (κ3) is 4.73. The summed E-state index contributed by atoms with van der Waals surface area (Å²) in [4.78, 5) is 35.0. The lowest BCUT2D eigenvalue weighted by molar-refractivity contribution is -0.384. The number of amides is 2. The second-order valence-electron chi connectivity index (χ2n) is 5.17. The summed E-state index contributed by atoms with van der Waals surface area (Å²) < 4.78 is 0. The van der Waals surface area contributed by atoms with Gasteiger partial charge in [0.2, 0.25) is 5.91 Å². The molecule has 23 heavy (non-hydrogen) atoms. The molecule has 2 atom stereocenters. The van der Waals surface area contributed by atoms with E-state index in [4.69, 9.17) is 5.21 Å². The second kappa shape index (κ2) is 8.20. The van der Waals surface area contributed by atoms with Gasteiger partial charge in [0.05, 0.1) is 17.6 Å². The molecule has 1 rings (SSSR count). The van der Waals surface area contributed by atoms with Crippen molar-refractivity contribution < 1.29 is 24.8 Å². The van der Waals surface area contributed by atoms with Crippen molar-refractivity contribution in [3.63, 3.8) is 0 Å². The number of rotatable bonds is 7. The standard InChI is InChI=1S/C14H19N3O6/c1-9(13(19)15-21)7-12(8-18)16(2)14(20)10-3-5-11(6-4-10)17(22)23/h3-6,9,12,18,21H,7-8H2,1-2H3,(H,15,19). The molecule has 0 bridgehead atoms. The lowest BCUT2D eigenvalue weighted by Gasteiger charge is -2.28. The highest BCUT2D eigenvalue weighted by molar-refractivity contribution is 5.94. The minimum atomic E-state index is -0.634. The lowest BCUT2D eigenvalue weighted by atomic mass is 10.00. The highest BCUT2D eigenvalue weighted by atomic mass is 16.6. The summed E-state index contributed by atoms with van der Waals surface area (Å²) in [6.45, 7) is 1.19. The van der Waals surface area contributed by atoms with Gasteiger partial charge in [0, 0.05) is 30.7 Å². The Morgan fingerprint density at radius 1 is 1.35 bits per heavy atom. The maximum Gasteiger partial charge on any atom is 0.269 e. The molecule has 0 heterocycles. The van der Waals surface area contributed by atoms with E-state index in [0.717, 1.165) is 0 Å². The van der Waals surface area contributed by atoms with Crippen molar-refractivity contribution in [3.05, 3.63) is 39.9 Å². The van der Waals surface area contributed by atoms with Gasteiger partial charge >= 0.3 is 0 Å². The Bertz CT molecular complexity index is 574. The smallest absolute Gasteiger partial charge is 0.269 e. The molecule has 126 valence electrons. The molecule has 9 heteroatoms. The van der Waals surface area contributed by atoms with Gasteiger partial charge in [-0.15, -0.1) is 0 Å². The van der Waals surface area contributed by atoms with E-state index in [1.807, 2.05) is 0 Å². The summed E-state index contributed by atoms with van der Waals surface area (Å²) in [5.74, 6) is -1.65. The molecule has 3 N–H and O–H groups in total. The van der Waals surface area contributed by atoms with Gasteiger partial charge in [0.25, 0.3) is 11.6 Å². The van der Waals surface area contributed by atoms with E-state index >= 15 is 0 Å². The largest absolute Gasteiger partial charge is 0.394 e. The quantitative estimate of drug-likeness (QED) is 0.381. The van der Waals surface area contributed by atoms with Crippen LogP contribution < -0.4 is 5.48 Å². The van der Waals surface area contributed by atoms with Crippen LogP contribution in [0.15, 0.2) is 24.3 Å². The fraction of sp³-hybridized carbons (Fsp3) is 0.429. The van der Waals surface area contributed by atoms with Crippen molar-refractivity contribution in [2.24, 2.45) is 5.92 Å². The highest BCUT2D eigenvalue weighted by Gasteiger charge is 2.25. The molecule has 0 radical (unpaired) electrons. The van der Waals surface area contributed by atoms with Crippen LogP contribution in [0.3, 0.4) is 0 Å². The van der Waals surface area contributed by atoms with Crippen molar-refractivity contribution in [2.45, 2.75) is 19.4 Å². The molecule has 0 aliphatic rings. The van der Waals surface area contributed by atoms with Gasteiger partial charge in [0.15, 0.2) is 0 Å². The van der Waals surface area contributed by atoms with E-state index in [0.29, 0.717) is 0 Å². The van der Waals surface area contributed by atoms with Crippen molar-refractivity contribution in [1.82, 2.24) is 10.4 Å². The number of nitrogens with zero attached hydrogens (tertiary/aromatic N) is 2. The Hall–Kier alpha value is -2.52. The van der Waals surface area contributed by atoms with Crippen LogP contribution in [-0.2, 0) is 4.79 Å². The van der Waals surface area contributed by atoms with Gasteiger partial charge < -0.3 is 10.0 Å². The van der Waals surface area contributed by atoms with Crippen molar-refractivity contribution in [1.29, 1.82) is 0 Å². The molecule has 0 saturated heterocycles. The highest BCUT2D eigenvalue weighted by Crippen LogP contribution is 2.16. The number of non-ortho nitro benzene ring substituents is 1. The summed E-state index contributed by atoms with van der Waals surface area (Å²) in [5.41, 5.74) is 1.63. The number of nitro groups is 1. The lowest BCUT2D eigenvalue weighted by Crippen LogP contribution is -2.42. The first-order valence-electron chi connectivity index (χ1n) is 6.88. The Morgan fingerprint density at radius 2 is 1.91 bits per heavy atom. The first-order chi connectivity index (χ1) is 10.8. The summed E-state index contributed by atoms with van der Waals surface area (Å²) in [7, 11) is 1.47. The van der Waals surface area contributed by atoms with Gasteiger partial charge in [-0.25, -0.2) is 5.48 Å². The molecule has 0 spiro atoms. The fourth-order valence-electron chi connectivity index (χ4n) is 2.08. The van der Waals surface area contributed by atoms with Crippen LogP contribution in [0.1, 0.15) is 23.7 Å². The maximum atomic E-state index is 12.3. The number of carbonyl (C=O) groups excluding carboxylic acids is 2. The third-order valence-corrected chi connectivity index (χ3v) is 3.59. The zero-order valence-electron chi connectivity index (χ0n) is 12.8. The zero-order valence-corrected chi connectivity index (χ0v) is 12.8. The number of hydroxylamine groups is 1. The molecule has 9 nitrogen and oxygen atoms in total. The average Bonchev–Trinajstić information content (AvgIpc) is 2.57. The summed E-state index contributed by atoms with van der Waals surface area (Å²) >= 11 is 0. The van der Waals surface area contributed by atoms with E-state index in [1.165, 1.54) is 41.7 Å². The molecule has 0 aliphatic heterocycles. The summed E-state index contributed by atoms with van der Waals surface area (Å²) in [6, 6.07) is 4.46. The topological polar surface area (TPSA) is 133 Å². The molecule has 0 fully saturated rings. The van der Waals surface area contributed by atoms with Gasteiger partial charge in [-0.2, -0.15) is 0 Å². The SMILES string of the molecule is CC(CC(CO)N(C)C(=O)c1ccc([N+](=O)[O-])cc1)C(=O)NO. The third-order valence-electron chi connectivity index (χ3n) is 3.59. The fourth-order valence-corrected chi connectivity index (χ4v) is 2.08. The van der Waals surface area contributed by atoms with Gasteiger partial charge in [-0.1, -0.05) is 6.92 Å². The van der Waals surface area contributed by atoms with Crippen molar-refractivity contribution >= 4 is 17.5 Å². The van der Waals surface area contributed by atoms with Crippen LogP contribution in [0.25, 0.3) is 0 Å². The number of aliphatic hydroxyl groups is 1. The van der Waals surface area contributed by atoms with E-state index in [9.17, 15) is 24.8 Å². The number of hydrogen-bond donors (Lipinski definition) is 3. The first kappa shape index (κ1) is 18.5. The predicted molar refractivity (Wildman–Crippen MR) is 79.8 cm³/mol. The maximum absolute atomic E-state index is 12.3. The Balaban J connectivity index is 2.83. The van der Waals surface area contributed by atoms with Crippen LogP contribution in [0.2, 0.25) is 0 Å². The Labute approximate surface area is 132 Å². The normalized spacial score (nSPS) is 13.0. The van der Waals surface area contributed by atoms with Crippen LogP contribution in [0.5, 0.6) is 0 Å². The van der Waals surface area contributed by atoms with Crippen LogP contribution in [0.4, 0.5) is 5.69 Å². The minimum absolute atomic E-state index is 0.129. The zero-order chi connectivity index (χ0) is 17.6. The number of likely N-dealkylation sites (N-methyl/N-ethyl adjacent to an activating group) is 1. The van der Waals surface area contributed by atoms with Crippen LogP contribution >= 0.6 is 0 Å². The van der Waals surface area contributed by atoms with E-state index in [1.54, 1.807) is 6.92 Å². The summed E-state index contributed by atoms with van der Waals surface area (Å²) in [5, 5.41) is 28.6. The Morgan fingerprint density at radius 3 is 2.35 bits per heavy atom. The molecule has 0 aromatic heterocycles. The molecule has 2 unspecified atom stereocenters. The molecule has 1 aromatic rings. The molecule has 2 amide bonds. The molecular formula is C14H19N3O6. The monoisotopic (exact) mass is 325 g/mol. The van der Waals surface area contributed by atoms with Crippen LogP contribution in [-0.4, -0.2) is 51.6 Å². The first-order valence-corrected chi connectivity index (χ1v) is 6.88. The molecular weight excluding hydrogens is 306 g/mol. The molecule has 0 saturated carbocycles. The van der Waals surface area contributed by atoms with Gasteiger partial charge in [-0.05, 0) is 18.6 Å². The van der Waals surface area contributed by atoms with E-state index in [-0.39, 0.29) is 24.3 Å². The minimum Gasteiger partial charge on any atom is -0.394 e.